The Kier molecular flexibility index (Phi) is 6.88. The van der Waals surface area contributed by atoms with Crippen molar-refractivity contribution in [2.24, 2.45) is 5.92 Å². The van der Waals surface area contributed by atoms with Crippen LogP contribution in [0.3, 0.4) is 0 Å². The number of nitrogens with zero attached hydrogens (tertiary/aromatic N) is 3. The van der Waals surface area contributed by atoms with Crippen LogP contribution in [-0.4, -0.2) is 54.6 Å². The third kappa shape index (κ3) is 4.94. The first-order valence-corrected chi connectivity index (χ1v) is 11.8. The van der Waals surface area contributed by atoms with Crippen LogP contribution in [0.15, 0.2) is 30.3 Å². The molecule has 0 unspecified atom stereocenters. The first-order valence-electron chi connectivity index (χ1n) is 11.8. The molecule has 2 aliphatic rings. The summed E-state index contributed by atoms with van der Waals surface area (Å²) in [5.41, 5.74) is 1.65. The van der Waals surface area contributed by atoms with Crippen LogP contribution in [0.2, 0.25) is 0 Å². The number of hydrogen-bond donors (Lipinski definition) is 1. The molecule has 2 saturated heterocycles. The average molecular weight is 409 g/mol. The minimum atomic E-state index is 0.0200. The quantitative estimate of drug-likeness (QED) is 0.717. The molecule has 1 aromatic heterocycles. The van der Waals surface area contributed by atoms with Crippen LogP contribution >= 0.6 is 0 Å². The number of carbonyl (C=O) groups excluding carboxylic acids is 1. The van der Waals surface area contributed by atoms with E-state index in [2.05, 4.69) is 29.0 Å². The number of piperidine rings is 2. The molecule has 0 bridgehead atoms. The molecule has 1 N–H and O–H groups in total. The second-order valence-corrected chi connectivity index (χ2v) is 9.23. The Morgan fingerprint density at radius 1 is 1.13 bits per heavy atom. The van der Waals surface area contributed by atoms with Gasteiger partial charge in [-0.1, -0.05) is 31.5 Å². The minimum absolute atomic E-state index is 0.0200. The number of pyridine rings is 1. The summed E-state index contributed by atoms with van der Waals surface area (Å²) in [6.45, 7) is 9.63. The van der Waals surface area contributed by atoms with Crippen molar-refractivity contribution in [1.82, 2.24) is 15.2 Å². The number of nitrogens with one attached hydrogen (secondary N) is 1. The van der Waals surface area contributed by atoms with E-state index in [1.807, 2.05) is 30.3 Å². The molecule has 2 atom stereocenters. The van der Waals surface area contributed by atoms with Gasteiger partial charge in [0.25, 0.3) is 5.91 Å². The van der Waals surface area contributed by atoms with E-state index in [0.29, 0.717) is 12.0 Å². The van der Waals surface area contributed by atoms with Crippen molar-refractivity contribution in [3.8, 4) is 0 Å². The lowest BCUT2D eigenvalue weighted by atomic mass is 10.00. The molecular formula is C25H36N4O. The van der Waals surface area contributed by atoms with E-state index in [-0.39, 0.29) is 5.91 Å². The molecule has 2 fully saturated rings. The van der Waals surface area contributed by atoms with Crippen molar-refractivity contribution in [3.05, 3.63) is 35.9 Å². The smallest absolute Gasteiger partial charge is 0.252 e. The Bertz CT molecular complexity index is 867. The van der Waals surface area contributed by atoms with Crippen LogP contribution in [0.25, 0.3) is 10.9 Å². The second-order valence-electron chi connectivity index (χ2n) is 9.23. The maximum absolute atomic E-state index is 13.1. The van der Waals surface area contributed by atoms with Crippen LogP contribution in [0.1, 0.15) is 62.7 Å². The van der Waals surface area contributed by atoms with Crippen LogP contribution in [0.5, 0.6) is 0 Å². The fourth-order valence-electron chi connectivity index (χ4n) is 4.98. The van der Waals surface area contributed by atoms with E-state index in [9.17, 15) is 4.79 Å². The number of aromatic nitrogens is 1. The largest absolute Gasteiger partial charge is 0.356 e. The Labute approximate surface area is 180 Å². The van der Waals surface area contributed by atoms with Gasteiger partial charge in [0.1, 0.15) is 5.82 Å². The maximum atomic E-state index is 13.1. The zero-order valence-electron chi connectivity index (χ0n) is 18.6. The summed E-state index contributed by atoms with van der Waals surface area (Å²) in [6.07, 6.45) is 7.40. The van der Waals surface area contributed by atoms with Gasteiger partial charge in [-0.25, -0.2) is 4.98 Å². The molecule has 30 heavy (non-hydrogen) atoms. The highest BCUT2D eigenvalue weighted by molar-refractivity contribution is 6.07. The van der Waals surface area contributed by atoms with Crippen molar-refractivity contribution < 1.29 is 4.79 Å². The van der Waals surface area contributed by atoms with Crippen LogP contribution in [0, 0.1) is 5.92 Å². The summed E-state index contributed by atoms with van der Waals surface area (Å²) in [7, 11) is 0. The maximum Gasteiger partial charge on any atom is 0.252 e. The van der Waals surface area contributed by atoms with E-state index in [0.717, 1.165) is 54.9 Å². The third-order valence-corrected chi connectivity index (χ3v) is 6.78. The average Bonchev–Trinajstić information content (AvgIpc) is 2.77. The number of hydrogen-bond acceptors (Lipinski definition) is 4. The van der Waals surface area contributed by atoms with Crippen LogP contribution in [-0.2, 0) is 0 Å². The standard InChI is InChI=1S/C25H36N4O/c1-19-9-7-15-29(18-19)24-17-22(21-11-3-4-12-23(21)27-24)25(30)26-13-8-16-28-14-6-5-10-20(28)2/h3-4,11-12,17,19-20H,5-10,13-16,18H2,1-2H3,(H,26,30)/t19-,20-/m1/s1. The van der Waals surface area contributed by atoms with Gasteiger partial charge >= 0.3 is 0 Å². The van der Waals surface area contributed by atoms with Crippen molar-refractivity contribution in [2.45, 2.75) is 58.4 Å². The highest BCUT2D eigenvalue weighted by atomic mass is 16.1. The highest BCUT2D eigenvalue weighted by Gasteiger charge is 2.21. The Morgan fingerprint density at radius 2 is 2.00 bits per heavy atom. The zero-order valence-corrected chi connectivity index (χ0v) is 18.6. The van der Waals surface area contributed by atoms with Gasteiger partial charge in [-0.05, 0) is 63.6 Å². The van der Waals surface area contributed by atoms with E-state index >= 15 is 0 Å². The number of fused-ring (bicyclic) bond motifs is 1. The van der Waals surface area contributed by atoms with Gasteiger partial charge in [0.15, 0.2) is 0 Å². The van der Waals surface area contributed by atoms with Gasteiger partial charge in [0.2, 0.25) is 0 Å². The van der Waals surface area contributed by atoms with Crippen molar-refractivity contribution >= 4 is 22.6 Å². The number of anilines is 1. The fourth-order valence-corrected chi connectivity index (χ4v) is 4.98. The van der Waals surface area contributed by atoms with Crippen molar-refractivity contribution in [3.63, 3.8) is 0 Å². The molecule has 0 radical (unpaired) electrons. The number of para-hydroxylation sites is 1. The summed E-state index contributed by atoms with van der Waals surface area (Å²) in [4.78, 5) is 22.9. The first kappa shape index (κ1) is 21.1. The summed E-state index contributed by atoms with van der Waals surface area (Å²) < 4.78 is 0. The van der Waals surface area contributed by atoms with Crippen LogP contribution < -0.4 is 10.2 Å². The Balaban J connectivity index is 1.44. The predicted molar refractivity (Wildman–Crippen MR) is 124 cm³/mol. The molecule has 4 rings (SSSR count). The second kappa shape index (κ2) is 9.78. The van der Waals surface area contributed by atoms with Crippen molar-refractivity contribution in [2.75, 3.05) is 37.6 Å². The van der Waals surface area contributed by atoms with Gasteiger partial charge in [0.05, 0.1) is 11.1 Å². The normalized spacial score (nSPS) is 22.9. The number of benzene rings is 1. The van der Waals surface area contributed by atoms with Crippen LogP contribution in [0.4, 0.5) is 5.82 Å². The molecule has 0 spiro atoms. The lowest BCUT2D eigenvalue weighted by Gasteiger charge is -2.33. The van der Waals surface area contributed by atoms with Gasteiger partial charge in [-0.15, -0.1) is 0 Å². The number of rotatable bonds is 6. The lowest BCUT2D eigenvalue weighted by Crippen LogP contribution is -2.39. The molecule has 2 aromatic rings. The number of likely N-dealkylation sites (tertiary alicyclic amines) is 1. The molecule has 3 heterocycles. The van der Waals surface area contributed by atoms with E-state index in [1.165, 1.54) is 38.6 Å². The Hall–Kier alpha value is -2.14. The summed E-state index contributed by atoms with van der Waals surface area (Å²) in [6, 6.07) is 10.7. The summed E-state index contributed by atoms with van der Waals surface area (Å²) in [5, 5.41) is 4.11. The van der Waals surface area contributed by atoms with Gasteiger partial charge < -0.3 is 15.1 Å². The fraction of sp³-hybridized carbons (Fsp3) is 0.600. The molecule has 0 aliphatic carbocycles. The third-order valence-electron chi connectivity index (χ3n) is 6.78. The topological polar surface area (TPSA) is 48.5 Å². The number of carbonyl (C=O) groups is 1. The monoisotopic (exact) mass is 408 g/mol. The molecule has 5 heteroatoms. The molecule has 1 amide bonds. The predicted octanol–water partition coefficient (Wildman–Crippen LogP) is 4.47. The molecule has 0 saturated carbocycles. The summed E-state index contributed by atoms with van der Waals surface area (Å²) >= 11 is 0. The molecule has 2 aliphatic heterocycles. The molecule has 162 valence electrons. The van der Waals surface area contributed by atoms with Gasteiger partial charge in [-0.3, -0.25) is 4.79 Å². The first-order chi connectivity index (χ1) is 14.6. The highest BCUT2D eigenvalue weighted by Crippen LogP contribution is 2.26. The lowest BCUT2D eigenvalue weighted by molar-refractivity contribution is 0.0950. The van der Waals surface area contributed by atoms with Gasteiger partial charge in [0, 0.05) is 37.6 Å². The number of amides is 1. The SMILES string of the molecule is C[C@@H]1CCCN(c2cc(C(=O)NCCCN3CCCC[C@H]3C)c3ccccc3n2)C1. The van der Waals surface area contributed by atoms with Crippen molar-refractivity contribution in [1.29, 1.82) is 0 Å². The summed E-state index contributed by atoms with van der Waals surface area (Å²) in [5.74, 6) is 1.63. The molecular weight excluding hydrogens is 372 g/mol. The molecule has 1 aromatic carbocycles. The minimum Gasteiger partial charge on any atom is -0.356 e. The van der Waals surface area contributed by atoms with E-state index < -0.39 is 0 Å². The van der Waals surface area contributed by atoms with E-state index in [4.69, 9.17) is 4.98 Å². The zero-order chi connectivity index (χ0) is 20.9. The molecule has 5 nitrogen and oxygen atoms in total. The Morgan fingerprint density at radius 3 is 2.83 bits per heavy atom. The van der Waals surface area contributed by atoms with E-state index in [1.54, 1.807) is 0 Å². The van der Waals surface area contributed by atoms with Gasteiger partial charge in [-0.2, -0.15) is 0 Å².